The number of aromatic nitrogens is 2. The highest BCUT2D eigenvalue weighted by molar-refractivity contribution is 5.91. The predicted molar refractivity (Wildman–Crippen MR) is 77.3 cm³/mol. The van der Waals surface area contributed by atoms with E-state index >= 15 is 0 Å². The number of carbonyl (C=O) groups is 2. The van der Waals surface area contributed by atoms with Crippen LogP contribution in [0.5, 0.6) is 0 Å². The average molecular weight is 290 g/mol. The van der Waals surface area contributed by atoms with Crippen molar-refractivity contribution in [1.82, 2.24) is 14.5 Å². The van der Waals surface area contributed by atoms with Crippen LogP contribution in [0, 0.1) is 11.3 Å². The van der Waals surface area contributed by atoms with Crippen molar-refractivity contribution in [1.29, 1.82) is 0 Å². The zero-order chi connectivity index (χ0) is 15.0. The number of likely N-dealkylation sites (tertiary alicyclic amines) is 1. The first kappa shape index (κ1) is 14.1. The number of imidazole rings is 1. The molecule has 21 heavy (non-hydrogen) atoms. The zero-order valence-electron chi connectivity index (χ0n) is 12.4. The third kappa shape index (κ3) is 2.66. The number of nitrogens with zero attached hydrogens (tertiary/aromatic N) is 3. The molecule has 0 unspecified atom stereocenters. The Kier molecular flexibility index (Phi) is 3.47. The van der Waals surface area contributed by atoms with Gasteiger partial charge in [-0.15, -0.1) is 0 Å². The summed E-state index contributed by atoms with van der Waals surface area (Å²) in [6.07, 6.45) is 8.06. The van der Waals surface area contributed by atoms with E-state index in [2.05, 4.69) is 4.98 Å². The molecular formula is C15H22N4O2. The van der Waals surface area contributed by atoms with Crippen LogP contribution in [0.15, 0.2) is 12.4 Å². The maximum absolute atomic E-state index is 12.4. The Bertz CT molecular complexity index is 554. The molecule has 2 amide bonds. The van der Waals surface area contributed by atoms with Gasteiger partial charge in [-0.2, -0.15) is 0 Å². The molecule has 1 aliphatic heterocycles. The second-order valence-corrected chi connectivity index (χ2v) is 6.45. The Morgan fingerprint density at radius 1 is 1.38 bits per heavy atom. The van der Waals surface area contributed by atoms with Crippen LogP contribution >= 0.6 is 0 Å². The van der Waals surface area contributed by atoms with Gasteiger partial charge in [0, 0.05) is 32.5 Å². The first-order chi connectivity index (χ1) is 10.0. The minimum atomic E-state index is -0.403. The number of primary amides is 1. The molecule has 2 aliphatic rings. The Morgan fingerprint density at radius 2 is 2.05 bits per heavy atom. The van der Waals surface area contributed by atoms with E-state index in [4.69, 9.17) is 5.73 Å². The van der Waals surface area contributed by atoms with Crippen LogP contribution in [0.3, 0.4) is 0 Å². The van der Waals surface area contributed by atoms with Crippen molar-refractivity contribution in [3.8, 4) is 0 Å². The first-order valence-electron chi connectivity index (χ1n) is 7.58. The minimum Gasteiger partial charge on any atom is -0.369 e. The van der Waals surface area contributed by atoms with Crippen molar-refractivity contribution in [3.63, 3.8) is 0 Å². The molecule has 0 bridgehead atoms. The summed E-state index contributed by atoms with van der Waals surface area (Å²) in [7, 11) is 1.81. The molecule has 3 rings (SSSR count). The summed E-state index contributed by atoms with van der Waals surface area (Å²) < 4.78 is 1.72. The first-order valence-corrected chi connectivity index (χ1v) is 7.58. The highest BCUT2D eigenvalue weighted by Gasteiger charge is 2.44. The van der Waals surface area contributed by atoms with E-state index in [1.807, 2.05) is 7.05 Å². The average Bonchev–Trinajstić information content (AvgIpc) is 3.17. The molecule has 2 heterocycles. The monoisotopic (exact) mass is 290 g/mol. The number of nitrogens with two attached hydrogens (primary N) is 1. The van der Waals surface area contributed by atoms with Crippen LogP contribution in [-0.4, -0.2) is 39.4 Å². The molecule has 0 radical (unpaired) electrons. The van der Waals surface area contributed by atoms with Gasteiger partial charge in [-0.3, -0.25) is 9.59 Å². The largest absolute Gasteiger partial charge is 0.369 e. The quantitative estimate of drug-likeness (QED) is 0.895. The predicted octanol–water partition coefficient (Wildman–Crippen LogP) is 0.928. The van der Waals surface area contributed by atoms with Gasteiger partial charge in [0.25, 0.3) is 5.91 Å². The smallest absolute Gasteiger partial charge is 0.289 e. The molecule has 6 heteroatoms. The van der Waals surface area contributed by atoms with Crippen molar-refractivity contribution in [2.24, 2.45) is 24.1 Å². The standard InChI is InChI=1S/C15H22N4O2/c1-18-9-6-17-12(18)13(20)19-7-4-15(5-8-19,14(16)21)10-11-2-3-11/h6,9,11H,2-5,7-8,10H2,1H3,(H2,16,21). The fourth-order valence-electron chi connectivity index (χ4n) is 3.28. The van der Waals surface area contributed by atoms with Crippen LogP contribution in [0.4, 0.5) is 0 Å². The maximum atomic E-state index is 12.4. The van der Waals surface area contributed by atoms with E-state index in [-0.39, 0.29) is 11.8 Å². The lowest BCUT2D eigenvalue weighted by Gasteiger charge is -2.39. The summed E-state index contributed by atoms with van der Waals surface area (Å²) in [4.78, 5) is 30.2. The van der Waals surface area contributed by atoms with E-state index in [1.165, 1.54) is 12.8 Å². The van der Waals surface area contributed by atoms with Crippen molar-refractivity contribution in [3.05, 3.63) is 18.2 Å². The van der Waals surface area contributed by atoms with E-state index < -0.39 is 5.41 Å². The number of amides is 2. The van der Waals surface area contributed by atoms with Gasteiger partial charge in [0.05, 0.1) is 5.41 Å². The summed E-state index contributed by atoms with van der Waals surface area (Å²) in [5, 5.41) is 0. The van der Waals surface area contributed by atoms with Gasteiger partial charge in [0.1, 0.15) is 0 Å². The molecular weight excluding hydrogens is 268 g/mol. The van der Waals surface area contributed by atoms with Crippen molar-refractivity contribution < 1.29 is 9.59 Å². The lowest BCUT2D eigenvalue weighted by Crippen LogP contribution is -2.49. The molecule has 0 atom stereocenters. The summed E-state index contributed by atoms with van der Waals surface area (Å²) in [6.45, 7) is 1.17. The van der Waals surface area contributed by atoms with Crippen LogP contribution in [0.1, 0.15) is 42.7 Å². The van der Waals surface area contributed by atoms with E-state index in [1.54, 1.807) is 21.9 Å². The minimum absolute atomic E-state index is 0.0630. The van der Waals surface area contributed by atoms with Crippen LogP contribution in [0.2, 0.25) is 0 Å². The molecule has 1 aromatic heterocycles. The van der Waals surface area contributed by atoms with Gasteiger partial charge in [-0.05, 0) is 25.2 Å². The fraction of sp³-hybridized carbons (Fsp3) is 0.667. The second kappa shape index (κ2) is 5.16. The van der Waals surface area contributed by atoms with Crippen LogP contribution in [-0.2, 0) is 11.8 Å². The van der Waals surface area contributed by atoms with Crippen molar-refractivity contribution in [2.45, 2.75) is 32.1 Å². The SMILES string of the molecule is Cn1ccnc1C(=O)N1CCC(CC2CC2)(C(N)=O)CC1. The maximum Gasteiger partial charge on any atom is 0.289 e. The molecule has 1 saturated carbocycles. The van der Waals surface area contributed by atoms with Gasteiger partial charge in [0.15, 0.2) is 5.82 Å². The van der Waals surface area contributed by atoms with E-state index in [9.17, 15) is 9.59 Å². The Balaban J connectivity index is 1.67. The Morgan fingerprint density at radius 3 is 2.52 bits per heavy atom. The summed E-state index contributed by atoms with van der Waals surface area (Å²) in [5.41, 5.74) is 5.26. The normalized spacial score (nSPS) is 21.3. The molecule has 0 aromatic carbocycles. The molecule has 0 spiro atoms. The second-order valence-electron chi connectivity index (χ2n) is 6.45. The number of rotatable bonds is 4. The summed E-state index contributed by atoms with van der Waals surface area (Å²) in [6, 6.07) is 0. The number of carbonyl (C=O) groups excluding carboxylic acids is 2. The number of hydrogen-bond donors (Lipinski definition) is 1. The highest BCUT2D eigenvalue weighted by Crippen LogP contribution is 2.45. The number of hydrogen-bond acceptors (Lipinski definition) is 3. The Labute approximate surface area is 124 Å². The summed E-state index contributed by atoms with van der Waals surface area (Å²) in [5.74, 6) is 0.851. The molecule has 2 fully saturated rings. The molecule has 2 N–H and O–H groups in total. The molecule has 1 aliphatic carbocycles. The summed E-state index contributed by atoms with van der Waals surface area (Å²) >= 11 is 0. The number of piperidine rings is 1. The van der Waals surface area contributed by atoms with Gasteiger partial charge >= 0.3 is 0 Å². The number of aryl methyl sites for hydroxylation is 1. The molecule has 1 aromatic rings. The topological polar surface area (TPSA) is 81.2 Å². The van der Waals surface area contributed by atoms with Gasteiger partial charge in [0.2, 0.25) is 5.91 Å². The highest BCUT2D eigenvalue weighted by atomic mass is 16.2. The van der Waals surface area contributed by atoms with Gasteiger partial charge in [-0.1, -0.05) is 12.8 Å². The van der Waals surface area contributed by atoms with Crippen LogP contribution in [0.25, 0.3) is 0 Å². The lowest BCUT2D eigenvalue weighted by molar-refractivity contribution is -0.131. The van der Waals surface area contributed by atoms with E-state index in [0.717, 1.165) is 6.42 Å². The third-order valence-corrected chi connectivity index (χ3v) is 4.92. The molecule has 6 nitrogen and oxygen atoms in total. The third-order valence-electron chi connectivity index (χ3n) is 4.92. The lowest BCUT2D eigenvalue weighted by atomic mass is 9.73. The zero-order valence-corrected chi connectivity index (χ0v) is 12.4. The Hall–Kier alpha value is -1.85. The fourth-order valence-corrected chi connectivity index (χ4v) is 3.28. The van der Waals surface area contributed by atoms with Gasteiger partial charge < -0.3 is 15.2 Å². The van der Waals surface area contributed by atoms with E-state index in [0.29, 0.717) is 37.7 Å². The van der Waals surface area contributed by atoms with Crippen molar-refractivity contribution >= 4 is 11.8 Å². The molecule has 114 valence electrons. The van der Waals surface area contributed by atoms with Crippen LogP contribution < -0.4 is 5.73 Å². The molecule has 1 saturated heterocycles. The van der Waals surface area contributed by atoms with Crippen molar-refractivity contribution in [2.75, 3.05) is 13.1 Å². The van der Waals surface area contributed by atoms with Gasteiger partial charge in [-0.25, -0.2) is 4.98 Å².